The molecular formula is C29H37F3N2O2. The van der Waals surface area contributed by atoms with Crippen LogP contribution in [-0.4, -0.2) is 54.5 Å². The summed E-state index contributed by atoms with van der Waals surface area (Å²) in [5.74, 6) is 1.18. The van der Waals surface area contributed by atoms with Crippen molar-refractivity contribution in [3.8, 4) is 5.75 Å². The molecule has 1 amide bonds. The maximum atomic E-state index is 14.0. The smallest absolute Gasteiger partial charge is 0.416 e. The molecule has 2 atom stereocenters. The van der Waals surface area contributed by atoms with Crippen molar-refractivity contribution < 1.29 is 22.7 Å². The van der Waals surface area contributed by atoms with Gasteiger partial charge in [0.15, 0.2) is 0 Å². The Morgan fingerprint density at radius 1 is 0.944 bits per heavy atom. The number of nitrogens with zero attached hydrogens (tertiary/aromatic N) is 2. The minimum Gasteiger partial charge on any atom is -0.497 e. The molecule has 4 rings (SSSR count). The number of halogens is 3. The van der Waals surface area contributed by atoms with E-state index in [0.29, 0.717) is 19.6 Å². The lowest BCUT2D eigenvalue weighted by Gasteiger charge is -2.40. The van der Waals surface area contributed by atoms with Gasteiger partial charge in [-0.25, -0.2) is 0 Å². The zero-order valence-electron chi connectivity index (χ0n) is 21.9. The summed E-state index contributed by atoms with van der Waals surface area (Å²) >= 11 is 0. The molecule has 2 heterocycles. The Hall–Kier alpha value is -2.54. The number of methoxy groups -OCH3 is 1. The Kier molecular flexibility index (Phi) is 7.17. The van der Waals surface area contributed by atoms with Crippen molar-refractivity contribution in [1.82, 2.24) is 9.80 Å². The van der Waals surface area contributed by atoms with E-state index in [1.807, 2.05) is 17.0 Å². The highest BCUT2D eigenvalue weighted by atomic mass is 19.4. The first-order valence-corrected chi connectivity index (χ1v) is 12.7. The number of rotatable bonds is 4. The highest BCUT2D eigenvalue weighted by Crippen LogP contribution is 2.47. The van der Waals surface area contributed by atoms with Crippen LogP contribution in [0.4, 0.5) is 13.2 Å². The van der Waals surface area contributed by atoms with Gasteiger partial charge < -0.3 is 9.64 Å². The van der Waals surface area contributed by atoms with E-state index >= 15 is 0 Å². The Labute approximate surface area is 212 Å². The number of carbonyl (C=O) groups excluding carboxylic acids is 1. The molecule has 2 aliphatic heterocycles. The van der Waals surface area contributed by atoms with Crippen molar-refractivity contribution in [2.24, 2.45) is 5.41 Å². The third-order valence-corrected chi connectivity index (χ3v) is 8.14. The summed E-state index contributed by atoms with van der Waals surface area (Å²) in [7, 11) is 1.65. The summed E-state index contributed by atoms with van der Waals surface area (Å²) in [6.07, 6.45) is -2.82. The average Bonchev–Trinajstić information content (AvgIpc) is 3.22. The maximum Gasteiger partial charge on any atom is 0.416 e. The third kappa shape index (κ3) is 5.26. The molecule has 0 aliphatic carbocycles. The molecule has 196 valence electrons. The van der Waals surface area contributed by atoms with Crippen molar-refractivity contribution in [3.63, 3.8) is 0 Å². The Morgan fingerprint density at radius 3 is 2.00 bits per heavy atom. The Morgan fingerprint density at radius 2 is 1.50 bits per heavy atom. The topological polar surface area (TPSA) is 32.8 Å². The normalized spacial score (nSPS) is 24.2. The van der Waals surface area contributed by atoms with Crippen LogP contribution in [-0.2, 0) is 11.0 Å². The van der Waals surface area contributed by atoms with E-state index in [1.165, 1.54) is 0 Å². The number of hydrogen-bond donors (Lipinski definition) is 0. The first-order valence-electron chi connectivity index (χ1n) is 12.7. The molecule has 2 aromatic rings. The quantitative estimate of drug-likeness (QED) is 0.490. The lowest BCUT2D eigenvalue weighted by Crippen LogP contribution is -2.49. The van der Waals surface area contributed by atoms with E-state index in [9.17, 15) is 18.0 Å². The Balaban J connectivity index is 1.50. The molecule has 2 saturated heterocycles. The van der Waals surface area contributed by atoms with Crippen molar-refractivity contribution in [3.05, 3.63) is 65.2 Å². The standard InChI is InChI=1S/C29H37F3N2O2/c1-27(2,3)34-18-25(22-8-12-24(36-5)13-9-22)28(4,19-34)26(35)33-16-14-21(15-17-33)20-6-10-23(11-7-20)29(30,31)32/h6-13,21,25H,14-19H2,1-5H3/t25-,28?/m0/s1. The molecule has 2 fully saturated rings. The van der Waals surface area contributed by atoms with E-state index in [0.717, 1.165) is 48.4 Å². The number of benzene rings is 2. The zero-order valence-corrected chi connectivity index (χ0v) is 21.9. The summed E-state index contributed by atoms with van der Waals surface area (Å²) in [6, 6.07) is 13.5. The van der Waals surface area contributed by atoms with Gasteiger partial charge in [-0.05, 0) is 81.8 Å². The van der Waals surface area contributed by atoms with Crippen LogP contribution in [0, 0.1) is 5.41 Å². The molecular weight excluding hydrogens is 465 g/mol. The van der Waals surface area contributed by atoms with E-state index in [1.54, 1.807) is 19.2 Å². The number of alkyl halides is 3. The van der Waals surface area contributed by atoms with Gasteiger partial charge in [0, 0.05) is 37.6 Å². The van der Waals surface area contributed by atoms with Crippen LogP contribution < -0.4 is 4.74 Å². The molecule has 1 unspecified atom stereocenters. The molecule has 2 aliphatic rings. The lowest BCUT2D eigenvalue weighted by atomic mass is 9.74. The van der Waals surface area contributed by atoms with Gasteiger partial charge >= 0.3 is 6.18 Å². The van der Waals surface area contributed by atoms with Gasteiger partial charge in [0.05, 0.1) is 18.1 Å². The van der Waals surface area contributed by atoms with Gasteiger partial charge in [-0.3, -0.25) is 9.69 Å². The number of carbonyl (C=O) groups is 1. The van der Waals surface area contributed by atoms with Crippen molar-refractivity contribution in [1.29, 1.82) is 0 Å². The predicted octanol–water partition coefficient (Wildman–Crippen LogP) is 6.32. The molecule has 2 aromatic carbocycles. The Bertz CT molecular complexity index is 1050. The first kappa shape index (κ1) is 26.5. The van der Waals surface area contributed by atoms with Gasteiger partial charge in [0.2, 0.25) is 5.91 Å². The van der Waals surface area contributed by atoms with Crippen LogP contribution in [0.3, 0.4) is 0 Å². The zero-order chi connectivity index (χ0) is 26.3. The highest BCUT2D eigenvalue weighted by Gasteiger charge is 2.52. The summed E-state index contributed by atoms with van der Waals surface area (Å²) in [5.41, 5.74) is 0.803. The summed E-state index contributed by atoms with van der Waals surface area (Å²) in [6.45, 7) is 11.4. The minimum atomic E-state index is -4.33. The number of likely N-dealkylation sites (tertiary alicyclic amines) is 2. The van der Waals surface area contributed by atoms with Crippen LogP contribution in [0.1, 0.15) is 69.1 Å². The fourth-order valence-electron chi connectivity index (χ4n) is 5.75. The van der Waals surface area contributed by atoms with Crippen LogP contribution in [0.5, 0.6) is 5.75 Å². The monoisotopic (exact) mass is 502 g/mol. The maximum absolute atomic E-state index is 14.0. The summed E-state index contributed by atoms with van der Waals surface area (Å²) < 4.78 is 44.1. The molecule has 0 radical (unpaired) electrons. The van der Waals surface area contributed by atoms with Gasteiger partial charge in [-0.1, -0.05) is 24.3 Å². The van der Waals surface area contributed by atoms with E-state index in [4.69, 9.17) is 4.74 Å². The van der Waals surface area contributed by atoms with Gasteiger partial charge in [0.25, 0.3) is 0 Å². The largest absolute Gasteiger partial charge is 0.497 e. The van der Waals surface area contributed by atoms with Crippen molar-refractivity contribution >= 4 is 5.91 Å². The van der Waals surface area contributed by atoms with Crippen molar-refractivity contribution in [2.75, 3.05) is 33.3 Å². The highest BCUT2D eigenvalue weighted by molar-refractivity contribution is 5.84. The molecule has 4 nitrogen and oxygen atoms in total. The number of amides is 1. The molecule has 0 bridgehead atoms. The lowest BCUT2D eigenvalue weighted by molar-refractivity contribution is -0.142. The average molecular weight is 503 g/mol. The van der Waals surface area contributed by atoms with Gasteiger partial charge in [0.1, 0.15) is 5.75 Å². The van der Waals surface area contributed by atoms with Crippen LogP contribution >= 0.6 is 0 Å². The summed E-state index contributed by atoms with van der Waals surface area (Å²) in [5, 5.41) is 0. The second kappa shape index (κ2) is 9.73. The van der Waals surface area contributed by atoms with Crippen LogP contribution in [0.25, 0.3) is 0 Å². The van der Waals surface area contributed by atoms with Gasteiger partial charge in [-0.15, -0.1) is 0 Å². The fraction of sp³-hybridized carbons (Fsp3) is 0.552. The second-order valence-electron chi connectivity index (χ2n) is 11.5. The van der Waals surface area contributed by atoms with E-state index in [2.05, 4.69) is 44.7 Å². The molecule has 0 N–H and O–H groups in total. The molecule has 0 saturated carbocycles. The molecule has 0 spiro atoms. The van der Waals surface area contributed by atoms with Crippen LogP contribution in [0.2, 0.25) is 0 Å². The fourth-order valence-corrected chi connectivity index (χ4v) is 5.75. The molecule has 7 heteroatoms. The van der Waals surface area contributed by atoms with Crippen LogP contribution in [0.15, 0.2) is 48.5 Å². The minimum absolute atomic E-state index is 0.0572. The number of piperidine rings is 1. The number of ether oxygens (including phenoxy) is 1. The molecule has 36 heavy (non-hydrogen) atoms. The van der Waals surface area contributed by atoms with E-state index < -0.39 is 17.2 Å². The van der Waals surface area contributed by atoms with Gasteiger partial charge in [-0.2, -0.15) is 13.2 Å². The number of hydrogen-bond acceptors (Lipinski definition) is 3. The second-order valence-corrected chi connectivity index (χ2v) is 11.5. The summed E-state index contributed by atoms with van der Waals surface area (Å²) in [4.78, 5) is 18.4. The third-order valence-electron chi connectivity index (χ3n) is 8.14. The van der Waals surface area contributed by atoms with Crippen molar-refractivity contribution in [2.45, 2.75) is 64.1 Å². The first-order chi connectivity index (χ1) is 16.8. The van der Waals surface area contributed by atoms with E-state index in [-0.39, 0.29) is 23.3 Å². The SMILES string of the molecule is COc1ccc([C@@H]2CN(C(C)(C)C)CC2(C)C(=O)N2CCC(c3ccc(C(F)(F)F)cc3)CC2)cc1. The molecule has 0 aromatic heterocycles. The predicted molar refractivity (Wildman–Crippen MR) is 135 cm³/mol.